The summed E-state index contributed by atoms with van der Waals surface area (Å²) in [5, 5.41) is 3.06. The van der Waals surface area contributed by atoms with Gasteiger partial charge in [-0.1, -0.05) is 44.2 Å². The van der Waals surface area contributed by atoms with E-state index in [4.69, 9.17) is 0 Å². The maximum atomic E-state index is 12.5. The summed E-state index contributed by atoms with van der Waals surface area (Å²) in [5.41, 5.74) is 1.30. The molecule has 0 bridgehead atoms. The molecule has 1 aromatic carbocycles. The van der Waals surface area contributed by atoms with Crippen molar-refractivity contribution in [3.63, 3.8) is 0 Å². The second kappa shape index (κ2) is 8.86. The van der Waals surface area contributed by atoms with Crippen molar-refractivity contribution >= 4 is 11.8 Å². The Balaban J connectivity index is 1.79. The van der Waals surface area contributed by atoms with Gasteiger partial charge in [-0.3, -0.25) is 9.59 Å². The fourth-order valence-electron chi connectivity index (χ4n) is 3.40. The average Bonchev–Trinajstić information content (AvgIpc) is 2.56. The zero-order chi connectivity index (χ0) is 17.5. The largest absolute Gasteiger partial charge is 0.356 e. The second-order valence-electron chi connectivity index (χ2n) is 7.21. The van der Waals surface area contributed by atoms with Crippen molar-refractivity contribution < 1.29 is 9.59 Å². The van der Waals surface area contributed by atoms with Gasteiger partial charge in [0.15, 0.2) is 0 Å². The monoisotopic (exact) mass is 330 g/mol. The molecule has 0 radical (unpaired) electrons. The fraction of sp³-hybridized carbons (Fsp3) is 0.600. The summed E-state index contributed by atoms with van der Waals surface area (Å²) in [7, 11) is 0. The summed E-state index contributed by atoms with van der Waals surface area (Å²) in [6, 6.07) is 10.3. The third-order valence-electron chi connectivity index (χ3n) is 4.75. The van der Waals surface area contributed by atoms with Crippen LogP contribution in [0.25, 0.3) is 0 Å². The van der Waals surface area contributed by atoms with E-state index >= 15 is 0 Å². The number of benzene rings is 1. The standard InChI is InChI=1S/C20H30N2O2/c1-15(2)14-22-16(3)18(11-12-19(22)23)20(24)21-13-7-10-17-8-5-4-6-9-17/h4-6,8-9,15-16,18H,7,10-14H2,1-3H3,(H,21,24)/t16-,18-/m1/s1. The van der Waals surface area contributed by atoms with E-state index in [1.165, 1.54) is 5.56 Å². The molecule has 1 aliphatic rings. The molecule has 1 aromatic rings. The van der Waals surface area contributed by atoms with Gasteiger partial charge in [-0.2, -0.15) is 0 Å². The van der Waals surface area contributed by atoms with Gasteiger partial charge in [-0.15, -0.1) is 0 Å². The van der Waals surface area contributed by atoms with Gasteiger partial charge in [-0.05, 0) is 37.7 Å². The van der Waals surface area contributed by atoms with Crippen LogP contribution in [0.5, 0.6) is 0 Å². The van der Waals surface area contributed by atoms with Crippen LogP contribution in [0.4, 0.5) is 0 Å². The average molecular weight is 330 g/mol. The van der Waals surface area contributed by atoms with Gasteiger partial charge in [-0.25, -0.2) is 0 Å². The van der Waals surface area contributed by atoms with E-state index in [-0.39, 0.29) is 23.8 Å². The normalized spacial score (nSPS) is 21.2. The number of piperidine rings is 1. The van der Waals surface area contributed by atoms with Crippen molar-refractivity contribution in [2.75, 3.05) is 13.1 Å². The van der Waals surface area contributed by atoms with E-state index in [0.29, 0.717) is 25.3 Å². The lowest BCUT2D eigenvalue weighted by Crippen LogP contribution is -2.52. The molecule has 1 N–H and O–H groups in total. The van der Waals surface area contributed by atoms with Crippen LogP contribution in [0.3, 0.4) is 0 Å². The van der Waals surface area contributed by atoms with Gasteiger partial charge in [0.2, 0.25) is 11.8 Å². The number of likely N-dealkylation sites (tertiary alicyclic amines) is 1. The summed E-state index contributed by atoms with van der Waals surface area (Å²) in [5.74, 6) is 0.614. The van der Waals surface area contributed by atoms with Gasteiger partial charge in [0, 0.05) is 25.6 Å². The van der Waals surface area contributed by atoms with Crippen molar-refractivity contribution in [1.82, 2.24) is 10.2 Å². The highest BCUT2D eigenvalue weighted by atomic mass is 16.2. The van der Waals surface area contributed by atoms with Gasteiger partial charge in [0.05, 0.1) is 5.92 Å². The van der Waals surface area contributed by atoms with Crippen molar-refractivity contribution in [3.05, 3.63) is 35.9 Å². The van der Waals surface area contributed by atoms with Crippen molar-refractivity contribution in [1.29, 1.82) is 0 Å². The summed E-state index contributed by atoms with van der Waals surface area (Å²) in [6.45, 7) is 7.64. The van der Waals surface area contributed by atoms with Gasteiger partial charge >= 0.3 is 0 Å². The third kappa shape index (κ3) is 5.08. The topological polar surface area (TPSA) is 49.4 Å². The Morgan fingerprint density at radius 3 is 2.67 bits per heavy atom. The van der Waals surface area contributed by atoms with Crippen molar-refractivity contribution in [2.24, 2.45) is 11.8 Å². The minimum Gasteiger partial charge on any atom is -0.356 e. The van der Waals surface area contributed by atoms with E-state index in [0.717, 1.165) is 19.4 Å². The number of nitrogens with one attached hydrogen (secondary N) is 1. The Labute approximate surface area is 145 Å². The molecule has 1 aliphatic heterocycles. The first kappa shape index (κ1) is 18.5. The van der Waals surface area contributed by atoms with E-state index in [1.54, 1.807) is 0 Å². The lowest BCUT2D eigenvalue weighted by molar-refractivity contribution is -0.142. The molecule has 1 heterocycles. The molecule has 2 amide bonds. The van der Waals surface area contributed by atoms with E-state index < -0.39 is 0 Å². The van der Waals surface area contributed by atoms with Crippen LogP contribution in [0, 0.1) is 11.8 Å². The SMILES string of the molecule is CC(C)CN1C(=O)CC[C@@H](C(=O)NCCCc2ccccc2)[C@H]1C. The zero-order valence-electron chi connectivity index (χ0n) is 15.1. The van der Waals surface area contributed by atoms with Gasteiger partial charge < -0.3 is 10.2 Å². The predicted octanol–water partition coefficient (Wildman–Crippen LogP) is 3.02. The lowest BCUT2D eigenvalue weighted by atomic mass is 9.88. The number of hydrogen-bond acceptors (Lipinski definition) is 2. The molecule has 1 saturated heterocycles. The first-order valence-electron chi connectivity index (χ1n) is 9.10. The number of carbonyl (C=O) groups excluding carboxylic acids is 2. The summed E-state index contributed by atoms with van der Waals surface area (Å²) in [6.07, 6.45) is 3.06. The van der Waals surface area contributed by atoms with Crippen LogP contribution in [0.1, 0.15) is 45.6 Å². The smallest absolute Gasteiger partial charge is 0.225 e. The van der Waals surface area contributed by atoms with Gasteiger partial charge in [0.1, 0.15) is 0 Å². The fourth-order valence-corrected chi connectivity index (χ4v) is 3.40. The first-order chi connectivity index (χ1) is 11.5. The molecule has 4 heteroatoms. The first-order valence-corrected chi connectivity index (χ1v) is 9.10. The number of nitrogens with zero attached hydrogens (tertiary/aromatic N) is 1. The molecule has 132 valence electrons. The molecule has 1 fully saturated rings. The number of amides is 2. The van der Waals surface area contributed by atoms with Crippen LogP contribution in [0.2, 0.25) is 0 Å². The van der Waals surface area contributed by atoms with Crippen molar-refractivity contribution in [3.8, 4) is 0 Å². The molecule has 0 aromatic heterocycles. The summed E-state index contributed by atoms with van der Waals surface area (Å²) in [4.78, 5) is 26.5. The molecule has 0 aliphatic carbocycles. The maximum Gasteiger partial charge on any atom is 0.225 e. The molecule has 0 spiro atoms. The second-order valence-corrected chi connectivity index (χ2v) is 7.21. The van der Waals surface area contributed by atoms with Crippen LogP contribution >= 0.6 is 0 Å². The highest BCUT2D eigenvalue weighted by molar-refractivity contribution is 5.84. The summed E-state index contributed by atoms with van der Waals surface area (Å²) >= 11 is 0. The quantitative estimate of drug-likeness (QED) is 0.781. The molecule has 0 saturated carbocycles. The van der Waals surface area contributed by atoms with Crippen LogP contribution in [-0.2, 0) is 16.0 Å². The van der Waals surface area contributed by atoms with Crippen LogP contribution in [0.15, 0.2) is 30.3 Å². The highest BCUT2D eigenvalue weighted by Crippen LogP contribution is 2.25. The number of hydrogen-bond donors (Lipinski definition) is 1. The molecule has 24 heavy (non-hydrogen) atoms. The lowest BCUT2D eigenvalue weighted by Gasteiger charge is -2.39. The Morgan fingerprint density at radius 2 is 2.00 bits per heavy atom. The molecular formula is C20H30N2O2. The number of carbonyl (C=O) groups is 2. The minimum atomic E-state index is -0.0850. The van der Waals surface area contributed by atoms with Crippen molar-refractivity contribution in [2.45, 2.75) is 52.5 Å². The predicted molar refractivity (Wildman–Crippen MR) is 96.5 cm³/mol. The molecule has 2 atom stereocenters. The van der Waals surface area contributed by atoms with Gasteiger partial charge in [0.25, 0.3) is 0 Å². The number of rotatable bonds is 7. The highest BCUT2D eigenvalue weighted by Gasteiger charge is 2.36. The van der Waals surface area contributed by atoms with Crippen LogP contribution < -0.4 is 5.32 Å². The Kier molecular flexibility index (Phi) is 6.83. The van der Waals surface area contributed by atoms with Crippen LogP contribution in [-0.4, -0.2) is 35.8 Å². The third-order valence-corrected chi connectivity index (χ3v) is 4.75. The van der Waals surface area contributed by atoms with E-state index in [2.05, 4.69) is 31.3 Å². The Morgan fingerprint density at radius 1 is 1.29 bits per heavy atom. The molecule has 2 rings (SSSR count). The summed E-state index contributed by atoms with van der Waals surface area (Å²) < 4.78 is 0. The Bertz CT molecular complexity index is 542. The molecule has 4 nitrogen and oxygen atoms in total. The van der Waals surface area contributed by atoms with E-state index in [9.17, 15) is 9.59 Å². The molecular weight excluding hydrogens is 300 g/mol. The van der Waals surface area contributed by atoms with E-state index in [1.807, 2.05) is 30.0 Å². The number of aryl methyl sites for hydroxylation is 1. The minimum absolute atomic E-state index is 0.0113. The zero-order valence-corrected chi connectivity index (χ0v) is 15.1. The Hall–Kier alpha value is -1.84. The molecule has 0 unspecified atom stereocenters. The maximum absolute atomic E-state index is 12.5.